The van der Waals surface area contributed by atoms with Gasteiger partial charge in [-0.1, -0.05) is 81.9 Å². The molecule has 1 heterocycles. The zero-order valence-electron chi connectivity index (χ0n) is 28.7. The van der Waals surface area contributed by atoms with E-state index in [1.54, 1.807) is 31.2 Å². The fourth-order valence-electron chi connectivity index (χ4n) is 6.79. The Balaban J connectivity index is 1.60. The van der Waals surface area contributed by atoms with Crippen LogP contribution in [0.15, 0.2) is 107 Å². The minimum Gasteiger partial charge on any atom is -0.462 e. The molecule has 1 saturated carbocycles. The molecule has 4 atom stereocenters. The third kappa shape index (κ3) is 9.14. The highest BCUT2D eigenvalue weighted by Crippen LogP contribution is 2.48. The predicted octanol–water partition coefficient (Wildman–Crippen LogP) is 7.27. The number of cyclic esters (lactones) is 1. The van der Waals surface area contributed by atoms with Crippen LogP contribution in [0, 0.1) is 16.7 Å². The molecule has 0 radical (unpaired) electrons. The third-order valence-electron chi connectivity index (χ3n) is 9.09. The molecule has 46 heavy (non-hydrogen) atoms. The Morgan fingerprint density at radius 3 is 2.15 bits per heavy atom. The molecule has 0 aromatic heterocycles. The summed E-state index contributed by atoms with van der Waals surface area (Å²) in [4.78, 5) is 35.9. The van der Waals surface area contributed by atoms with Crippen molar-refractivity contribution in [3.05, 3.63) is 107 Å². The van der Waals surface area contributed by atoms with Crippen LogP contribution in [-0.4, -0.2) is 45.2 Å². The summed E-state index contributed by atoms with van der Waals surface area (Å²) in [6.45, 7) is 16.7. The van der Waals surface area contributed by atoms with E-state index in [1.165, 1.54) is 13.0 Å². The Hall–Kier alpha value is -3.81. The maximum atomic E-state index is 12.5. The molecule has 0 aromatic rings. The number of hydrogen-bond acceptors (Lipinski definition) is 7. The lowest BCUT2D eigenvalue weighted by Gasteiger charge is -2.49. The zero-order valence-corrected chi connectivity index (χ0v) is 28.7. The van der Waals surface area contributed by atoms with Crippen LogP contribution in [-0.2, 0) is 23.9 Å². The van der Waals surface area contributed by atoms with Crippen molar-refractivity contribution in [3.63, 3.8) is 0 Å². The van der Waals surface area contributed by atoms with E-state index in [0.717, 1.165) is 11.1 Å². The molecule has 3 aliphatic rings. The van der Waals surface area contributed by atoms with E-state index in [4.69, 9.17) is 9.47 Å². The molecule has 2 aliphatic carbocycles. The van der Waals surface area contributed by atoms with E-state index in [-0.39, 0.29) is 35.6 Å². The lowest BCUT2D eigenvalue weighted by Crippen LogP contribution is -2.51. The molecule has 7 heteroatoms. The van der Waals surface area contributed by atoms with E-state index in [0.29, 0.717) is 29.7 Å². The maximum Gasteiger partial charge on any atom is 0.343 e. The van der Waals surface area contributed by atoms with Crippen LogP contribution in [0.1, 0.15) is 81.6 Å². The summed E-state index contributed by atoms with van der Waals surface area (Å²) in [7, 11) is 0. The number of allylic oxidation sites excluding steroid dienone is 12. The van der Waals surface area contributed by atoms with Crippen LogP contribution in [0.25, 0.3) is 0 Å². The van der Waals surface area contributed by atoms with Crippen LogP contribution in [0.3, 0.4) is 0 Å². The molecular formula is C39H50O7. The second-order valence-corrected chi connectivity index (χ2v) is 14.4. The molecular weight excluding hydrogens is 580 g/mol. The molecule has 248 valence electrons. The highest BCUT2D eigenvalue weighted by molar-refractivity contribution is 5.96. The van der Waals surface area contributed by atoms with Gasteiger partial charge < -0.3 is 19.7 Å². The Bertz CT molecular complexity index is 1480. The van der Waals surface area contributed by atoms with Crippen molar-refractivity contribution >= 4 is 17.7 Å². The van der Waals surface area contributed by atoms with Crippen LogP contribution in [0.4, 0.5) is 0 Å². The van der Waals surface area contributed by atoms with Gasteiger partial charge in [-0.05, 0) is 81.1 Å². The van der Waals surface area contributed by atoms with Gasteiger partial charge in [0.2, 0.25) is 0 Å². The average molecular weight is 631 g/mol. The highest BCUT2D eigenvalue weighted by Gasteiger charge is 2.49. The van der Waals surface area contributed by atoms with E-state index in [2.05, 4.69) is 19.9 Å². The third-order valence-corrected chi connectivity index (χ3v) is 9.09. The first kappa shape index (κ1) is 36.7. The average Bonchev–Trinajstić information content (AvgIpc) is 3.24. The summed E-state index contributed by atoms with van der Waals surface area (Å²) in [5.41, 5.74) is -0.505. The molecule has 0 spiro atoms. The largest absolute Gasteiger partial charge is 0.462 e. The lowest BCUT2D eigenvalue weighted by molar-refractivity contribution is -0.163. The van der Waals surface area contributed by atoms with Gasteiger partial charge in [0.1, 0.15) is 17.5 Å². The number of carbonyl (C=O) groups is 3. The minimum atomic E-state index is -1.35. The molecule has 1 unspecified atom stereocenters. The summed E-state index contributed by atoms with van der Waals surface area (Å²) in [6, 6.07) is 0. The number of aliphatic hydroxyl groups is 2. The van der Waals surface area contributed by atoms with E-state index in [1.807, 2.05) is 77.2 Å². The quantitative estimate of drug-likeness (QED) is 0.204. The topological polar surface area (TPSA) is 110 Å². The fraction of sp³-hybridized carbons (Fsp3) is 0.462. The molecule has 0 saturated heterocycles. The first-order chi connectivity index (χ1) is 21.3. The molecule has 2 N–H and O–H groups in total. The molecule has 0 bridgehead atoms. The second-order valence-electron chi connectivity index (χ2n) is 14.4. The number of carbonyl (C=O) groups excluding carboxylic acids is 3. The Kier molecular flexibility index (Phi) is 11.4. The smallest absolute Gasteiger partial charge is 0.343 e. The number of esters is 2. The van der Waals surface area contributed by atoms with Crippen molar-refractivity contribution in [2.75, 3.05) is 0 Å². The standard InChI is InChI=1S/C39H50O7/c1-26(16-17-34-36(5,6)24-33(45-29(4)40)25-38(34,9)43)14-12-10-11-13-15-27(2)20-32-22-30(35(42)46-32)18-19-39(44)28(3)21-31(41)23-37(39,7)8/h10-22,33-34,43-44H,23-25H2,1-9H3/b12-10+,13-11+,17-16+,19-18+,26-14+,27-15+,32-20-/t33-,34?,38+,39+/m0/s1. The van der Waals surface area contributed by atoms with E-state index >= 15 is 0 Å². The fourth-order valence-corrected chi connectivity index (χ4v) is 6.79. The summed E-state index contributed by atoms with van der Waals surface area (Å²) in [5.74, 6) is -0.526. The number of ether oxygens (including phenoxy) is 2. The maximum absolute atomic E-state index is 12.5. The first-order valence-electron chi connectivity index (χ1n) is 15.8. The van der Waals surface area contributed by atoms with Gasteiger partial charge in [0.25, 0.3) is 0 Å². The molecule has 1 aliphatic heterocycles. The molecule has 0 aromatic carbocycles. The van der Waals surface area contributed by atoms with Crippen LogP contribution in [0.5, 0.6) is 0 Å². The van der Waals surface area contributed by atoms with Gasteiger partial charge >= 0.3 is 11.9 Å². The predicted molar refractivity (Wildman–Crippen MR) is 181 cm³/mol. The minimum absolute atomic E-state index is 0.0235. The molecule has 1 fully saturated rings. The monoisotopic (exact) mass is 630 g/mol. The van der Waals surface area contributed by atoms with Crippen molar-refractivity contribution in [3.8, 4) is 0 Å². The van der Waals surface area contributed by atoms with Crippen LogP contribution >= 0.6 is 0 Å². The number of rotatable bonds is 9. The molecule has 7 nitrogen and oxygen atoms in total. The van der Waals surface area contributed by atoms with Gasteiger partial charge in [-0.2, -0.15) is 0 Å². The zero-order chi connectivity index (χ0) is 34.5. The van der Waals surface area contributed by atoms with E-state index < -0.39 is 22.6 Å². The summed E-state index contributed by atoms with van der Waals surface area (Å²) in [5, 5.41) is 22.5. The SMILES string of the molecule is CC(=O)O[C@H]1CC(C)(C)C(/C=C/C(C)=C/C=C/C=C/C=C(C)/C=C2C=C(/C=C/[C@@]3(O)C(C)=CC(=O)CC3(C)C)C(=O)O/2)[C@](C)(O)C1. The molecule has 0 amide bonds. The Labute approximate surface area is 274 Å². The lowest BCUT2D eigenvalue weighted by atomic mass is 9.61. The first-order valence-corrected chi connectivity index (χ1v) is 15.8. The van der Waals surface area contributed by atoms with Gasteiger partial charge in [-0.3, -0.25) is 9.59 Å². The number of hydrogen-bond donors (Lipinski definition) is 2. The molecule has 3 rings (SSSR count). The second kappa shape index (κ2) is 14.3. The van der Waals surface area contributed by atoms with Crippen molar-refractivity contribution in [1.29, 1.82) is 0 Å². The summed E-state index contributed by atoms with van der Waals surface area (Å²) < 4.78 is 10.8. The van der Waals surface area contributed by atoms with Crippen LogP contribution in [0.2, 0.25) is 0 Å². The van der Waals surface area contributed by atoms with E-state index in [9.17, 15) is 24.6 Å². The summed E-state index contributed by atoms with van der Waals surface area (Å²) >= 11 is 0. The van der Waals surface area contributed by atoms with Gasteiger partial charge in [-0.15, -0.1) is 0 Å². The van der Waals surface area contributed by atoms with Gasteiger partial charge in [0.15, 0.2) is 5.78 Å². The van der Waals surface area contributed by atoms with Crippen molar-refractivity contribution < 1.29 is 34.1 Å². The normalized spacial score (nSPS) is 31.3. The summed E-state index contributed by atoms with van der Waals surface area (Å²) in [6.07, 6.45) is 24.6. The van der Waals surface area contributed by atoms with Crippen molar-refractivity contribution in [1.82, 2.24) is 0 Å². The highest BCUT2D eigenvalue weighted by atomic mass is 16.5. The number of ketones is 1. The van der Waals surface area contributed by atoms with Gasteiger partial charge in [0.05, 0.1) is 11.2 Å². The van der Waals surface area contributed by atoms with Gasteiger partial charge in [0, 0.05) is 31.1 Å². The van der Waals surface area contributed by atoms with Crippen molar-refractivity contribution in [2.24, 2.45) is 16.7 Å². The Morgan fingerprint density at radius 1 is 0.935 bits per heavy atom. The van der Waals surface area contributed by atoms with Crippen molar-refractivity contribution in [2.45, 2.75) is 98.9 Å². The Morgan fingerprint density at radius 2 is 1.57 bits per heavy atom. The van der Waals surface area contributed by atoms with Gasteiger partial charge in [-0.25, -0.2) is 4.79 Å². The van der Waals surface area contributed by atoms with Crippen LogP contribution < -0.4 is 0 Å².